The number of anilines is 1. The van der Waals surface area contributed by atoms with Crippen LogP contribution in [0.25, 0.3) is 0 Å². The minimum atomic E-state index is -4.33. The van der Waals surface area contributed by atoms with Crippen molar-refractivity contribution in [2.24, 2.45) is 0 Å². The van der Waals surface area contributed by atoms with Crippen molar-refractivity contribution < 1.29 is 27.4 Å². The maximum Gasteiger partial charge on any atom is 0.390 e. The van der Waals surface area contributed by atoms with Crippen LogP contribution in [-0.2, 0) is 0 Å². The largest absolute Gasteiger partial charge is 0.497 e. The molecule has 0 aliphatic heterocycles. The molecule has 8 heteroatoms. The number of nitrogen functional groups attached to an aromatic ring is 1. The summed E-state index contributed by atoms with van der Waals surface area (Å²) in [5, 5.41) is 2.15. The Kier molecular flexibility index (Phi) is 5.06. The van der Waals surface area contributed by atoms with Crippen LogP contribution in [0.5, 0.6) is 11.5 Å². The van der Waals surface area contributed by atoms with Crippen molar-refractivity contribution in [1.82, 2.24) is 5.32 Å². The van der Waals surface area contributed by atoms with Gasteiger partial charge >= 0.3 is 6.18 Å². The predicted molar refractivity (Wildman–Crippen MR) is 67.0 cm³/mol. The molecule has 1 rings (SSSR count). The molecule has 0 aliphatic rings. The average Bonchev–Trinajstić information content (AvgIpc) is 2.37. The number of carbonyl (C=O) groups excluding carboxylic acids is 1. The van der Waals surface area contributed by atoms with Gasteiger partial charge in [-0.1, -0.05) is 0 Å². The van der Waals surface area contributed by atoms with Crippen LogP contribution in [0.3, 0.4) is 0 Å². The SMILES string of the molecule is COc1cc(OC)c(N)c(C(=O)NCCC(F)(F)F)c1. The fourth-order valence-electron chi connectivity index (χ4n) is 1.49. The van der Waals surface area contributed by atoms with E-state index in [4.69, 9.17) is 15.2 Å². The van der Waals surface area contributed by atoms with E-state index in [0.717, 1.165) is 0 Å². The van der Waals surface area contributed by atoms with E-state index in [2.05, 4.69) is 5.32 Å². The number of ether oxygens (including phenoxy) is 2. The molecule has 5 nitrogen and oxygen atoms in total. The number of nitrogens with two attached hydrogens (primary N) is 1. The lowest BCUT2D eigenvalue weighted by atomic mass is 10.1. The lowest BCUT2D eigenvalue weighted by Gasteiger charge is -2.13. The van der Waals surface area contributed by atoms with Gasteiger partial charge < -0.3 is 20.5 Å². The molecule has 0 bridgehead atoms. The van der Waals surface area contributed by atoms with Crippen LogP contribution in [0.15, 0.2) is 12.1 Å². The molecular weight excluding hydrogens is 277 g/mol. The molecule has 0 saturated carbocycles. The Bertz CT molecular complexity index is 490. The first-order valence-corrected chi connectivity index (χ1v) is 5.65. The zero-order valence-electron chi connectivity index (χ0n) is 11.0. The summed E-state index contributed by atoms with van der Waals surface area (Å²) >= 11 is 0. The molecule has 3 N–H and O–H groups in total. The van der Waals surface area contributed by atoms with Gasteiger partial charge in [-0.15, -0.1) is 0 Å². The molecule has 1 amide bonds. The Labute approximate surface area is 113 Å². The highest BCUT2D eigenvalue weighted by molar-refractivity contribution is 6.00. The molecule has 0 aliphatic carbocycles. The smallest absolute Gasteiger partial charge is 0.390 e. The Balaban J connectivity index is 2.86. The van der Waals surface area contributed by atoms with Gasteiger partial charge in [0.2, 0.25) is 0 Å². The molecule has 20 heavy (non-hydrogen) atoms. The van der Waals surface area contributed by atoms with Crippen molar-refractivity contribution in [2.75, 3.05) is 26.5 Å². The second-order valence-electron chi connectivity index (χ2n) is 3.91. The summed E-state index contributed by atoms with van der Waals surface area (Å²) in [6.45, 7) is -0.526. The van der Waals surface area contributed by atoms with E-state index in [-0.39, 0.29) is 17.0 Å². The number of halogens is 3. The third-order valence-corrected chi connectivity index (χ3v) is 2.51. The quantitative estimate of drug-likeness (QED) is 0.814. The Morgan fingerprint density at radius 3 is 2.45 bits per heavy atom. The maximum absolute atomic E-state index is 12.0. The highest BCUT2D eigenvalue weighted by Gasteiger charge is 2.27. The van der Waals surface area contributed by atoms with Crippen molar-refractivity contribution >= 4 is 11.6 Å². The molecule has 1 aromatic carbocycles. The van der Waals surface area contributed by atoms with Gasteiger partial charge in [0.05, 0.1) is 31.9 Å². The van der Waals surface area contributed by atoms with Gasteiger partial charge in [0.25, 0.3) is 5.91 Å². The number of rotatable bonds is 5. The van der Waals surface area contributed by atoms with Gasteiger partial charge in [0.15, 0.2) is 0 Å². The van der Waals surface area contributed by atoms with Crippen LogP contribution in [-0.4, -0.2) is 32.8 Å². The van der Waals surface area contributed by atoms with E-state index in [1.54, 1.807) is 0 Å². The van der Waals surface area contributed by atoms with Gasteiger partial charge in [0.1, 0.15) is 11.5 Å². The summed E-state index contributed by atoms with van der Waals surface area (Å²) in [4.78, 5) is 11.8. The molecule has 0 radical (unpaired) electrons. The molecule has 112 valence electrons. The van der Waals surface area contributed by atoms with E-state index in [1.165, 1.54) is 26.4 Å². The van der Waals surface area contributed by atoms with Crippen LogP contribution in [0.2, 0.25) is 0 Å². The summed E-state index contributed by atoms with van der Waals surface area (Å²) in [7, 11) is 2.74. The van der Waals surface area contributed by atoms with Crippen molar-refractivity contribution in [1.29, 1.82) is 0 Å². The number of benzene rings is 1. The number of methoxy groups -OCH3 is 2. The lowest BCUT2D eigenvalue weighted by Crippen LogP contribution is -2.28. The standard InChI is InChI=1S/C12H15F3N2O3/c1-19-7-5-8(10(16)9(6-7)20-2)11(18)17-4-3-12(13,14)15/h5-6H,3-4,16H2,1-2H3,(H,17,18). The van der Waals surface area contributed by atoms with Crippen molar-refractivity contribution in [3.63, 3.8) is 0 Å². The Morgan fingerprint density at radius 1 is 1.30 bits per heavy atom. The van der Waals surface area contributed by atoms with Crippen LogP contribution in [0, 0.1) is 0 Å². The van der Waals surface area contributed by atoms with E-state index in [1.807, 2.05) is 0 Å². The third kappa shape index (κ3) is 4.22. The third-order valence-electron chi connectivity index (χ3n) is 2.51. The molecule has 0 atom stereocenters. The minimum Gasteiger partial charge on any atom is -0.497 e. The Hall–Kier alpha value is -2.12. The summed E-state index contributed by atoms with van der Waals surface area (Å²) in [6, 6.07) is 2.81. The molecule has 0 fully saturated rings. The van der Waals surface area contributed by atoms with Crippen LogP contribution in [0.4, 0.5) is 18.9 Å². The zero-order valence-corrected chi connectivity index (χ0v) is 11.0. The number of carbonyl (C=O) groups is 1. The first-order valence-electron chi connectivity index (χ1n) is 5.65. The summed E-state index contributed by atoms with van der Waals surface area (Å²) in [5.41, 5.74) is 5.76. The molecule has 0 saturated heterocycles. The monoisotopic (exact) mass is 292 g/mol. The van der Waals surface area contributed by atoms with Crippen LogP contribution < -0.4 is 20.5 Å². The molecular formula is C12H15F3N2O3. The molecule has 0 aromatic heterocycles. The summed E-state index contributed by atoms with van der Waals surface area (Å²) in [5.74, 6) is -0.189. The number of amides is 1. The summed E-state index contributed by atoms with van der Waals surface area (Å²) in [6.07, 6.45) is -5.44. The average molecular weight is 292 g/mol. The normalized spacial score (nSPS) is 11.1. The van der Waals surface area contributed by atoms with Gasteiger partial charge in [0, 0.05) is 12.6 Å². The van der Waals surface area contributed by atoms with Gasteiger partial charge in [-0.3, -0.25) is 4.79 Å². The van der Waals surface area contributed by atoms with Gasteiger partial charge in [-0.2, -0.15) is 13.2 Å². The van der Waals surface area contributed by atoms with Crippen LogP contribution >= 0.6 is 0 Å². The number of hydrogen-bond acceptors (Lipinski definition) is 4. The fraction of sp³-hybridized carbons (Fsp3) is 0.417. The van der Waals surface area contributed by atoms with E-state index in [9.17, 15) is 18.0 Å². The first kappa shape index (κ1) is 15.9. The van der Waals surface area contributed by atoms with E-state index in [0.29, 0.717) is 5.75 Å². The van der Waals surface area contributed by atoms with Gasteiger partial charge in [-0.25, -0.2) is 0 Å². The molecule has 0 spiro atoms. The molecule has 1 aromatic rings. The number of nitrogens with one attached hydrogen (secondary N) is 1. The number of hydrogen-bond donors (Lipinski definition) is 2. The molecule has 0 heterocycles. The predicted octanol–water partition coefficient (Wildman–Crippen LogP) is 1.97. The first-order chi connectivity index (χ1) is 9.28. The second-order valence-corrected chi connectivity index (χ2v) is 3.91. The minimum absolute atomic E-state index is 0.00312. The van der Waals surface area contributed by atoms with Gasteiger partial charge in [-0.05, 0) is 6.07 Å². The lowest BCUT2D eigenvalue weighted by molar-refractivity contribution is -0.132. The van der Waals surface area contributed by atoms with E-state index < -0.39 is 25.0 Å². The van der Waals surface area contributed by atoms with Crippen molar-refractivity contribution in [2.45, 2.75) is 12.6 Å². The molecule has 0 unspecified atom stereocenters. The fourth-order valence-corrected chi connectivity index (χ4v) is 1.49. The maximum atomic E-state index is 12.0. The summed E-state index contributed by atoms with van der Waals surface area (Å²) < 4.78 is 46.0. The highest BCUT2D eigenvalue weighted by atomic mass is 19.4. The second kappa shape index (κ2) is 6.36. The van der Waals surface area contributed by atoms with E-state index >= 15 is 0 Å². The zero-order chi connectivity index (χ0) is 15.3. The highest BCUT2D eigenvalue weighted by Crippen LogP contribution is 2.31. The number of alkyl halides is 3. The topological polar surface area (TPSA) is 73.6 Å². The van der Waals surface area contributed by atoms with Crippen molar-refractivity contribution in [3.8, 4) is 11.5 Å². The van der Waals surface area contributed by atoms with Crippen molar-refractivity contribution in [3.05, 3.63) is 17.7 Å². The van der Waals surface area contributed by atoms with Crippen LogP contribution in [0.1, 0.15) is 16.8 Å². The Morgan fingerprint density at radius 2 is 1.95 bits per heavy atom.